The van der Waals surface area contributed by atoms with Gasteiger partial charge in [0.15, 0.2) is 11.6 Å². The third-order valence-corrected chi connectivity index (χ3v) is 10.8. The van der Waals surface area contributed by atoms with Crippen LogP contribution in [0, 0.1) is 0 Å². The molecule has 0 saturated carbocycles. The van der Waals surface area contributed by atoms with Crippen molar-refractivity contribution in [2.24, 2.45) is 0 Å². The Hall–Kier alpha value is -5.64. The fraction of sp³-hybridized carbons (Fsp3) is 0.378. The molecular formula is C45H48O18. The number of carbonyl (C=O) groups is 4. The molecule has 4 aromatic carbocycles. The van der Waals surface area contributed by atoms with E-state index in [4.69, 9.17) is 18.9 Å². The summed E-state index contributed by atoms with van der Waals surface area (Å²) < 4.78 is 22.9. The van der Waals surface area contributed by atoms with E-state index in [9.17, 15) is 70.2 Å². The van der Waals surface area contributed by atoms with E-state index < -0.39 is 86.6 Å². The number of carboxylic acid groups (broad SMARTS) is 2. The van der Waals surface area contributed by atoms with Gasteiger partial charge in [-0.15, -0.1) is 0 Å². The normalized spacial score (nSPS) is 25.8. The van der Waals surface area contributed by atoms with Crippen LogP contribution >= 0.6 is 0 Å². The number of hydrogen-bond donors (Lipinski definition) is 10. The van der Waals surface area contributed by atoms with Crippen LogP contribution in [0.2, 0.25) is 0 Å². The molecule has 0 radical (unpaired) electrons. The lowest BCUT2D eigenvalue weighted by molar-refractivity contribution is -0.277. The highest BCUT2D eigenvalue weighted by Crippen LogP contribution is 2.37. The lowest BCUT2D eigenvalue weighted by Gasteiger charge is -2.39. The minimum atomic E-state index is -1.74. The number of benzene rings is 4. The molecule has 10 atom stereocenters. The summed E-state index contributed by atoms with van der Waals surface area (Å²) in [4.78, 5) is 50.3. The van der Waals surface area contributed by atoms with Crippen LogP contribution in [0.4, 0.5) is 0 Å². The van der Waals surface area contributed by atoms with Crippen LogP contribution in [0.25, 0.3) is 22.3 Å². The molecule has 18 heteroatoms. The largest absolute Gasteiger partial charge is 0.481 e. The minimum Gasteiger partial charge on any atom is -0.481 e. The first-order valence-corrected chi connectivity index (χ1v) is 20.0. The number of aliphatic carboxylic acids is 2. The summed E-state index contributed by atoms with van der Waals surface area (Å²) in [6.07, 6.45) is -16.6. The SMILES string of the molecule is O=C(O)Cc1cccc(-c2cc(C(=O)CCCC(=O)c3ccc(O[C@H]4O[C@H](CO)[C@@H](O)[C@H](O)[C@@H]4O)c(-c4cccc(CC(=O)O)c4)c3)ccc2O[C@H]2O[C@H](CO)[C@@H](O)[C@H](O)[C@@H]2O)c1. The van der Waals surface area contributed by atoms with Crippen LogP contribution in [0.1, 0.15) is 51.1 Å². The van der Waals surface area contributed by atoms with Crippen LogP contribution in [-0.2, 0) is 31.9 Å². The number of ketones is 2. The Balaban J connectivity index is 1.22. The van der Waals surface area contributed by atoms with Crippen molar-refractivity contribution in [2.45, 2.75) is 93.5 Å². The van der Waals surface area contributed by atoms with Crippen LogP contribution in [0.5, 0.6) is 11.5 Å². The highest BCUT2D eigenvalue weighted by Gasteiger charge is 2.46. The second kappa shape index (κ2) is 20.7. The summed E-state index contributed by atoms with van der Waals surface area (Å²) in [5, 5.41) is 100. The first-order valence-electron chi connectivity index (χ1n) is 20.0. The molecule has 0 amide bonds. The minimum absolute atomic E-state index is 0.0572. The predicted octanol–water partition coefficient (Wildman–Crippen LogP) is 0.868. The van der Waals surface area contributed by atoms with E-state index in [1.165, 1.54) is 36.4 Å². The van der Waals surface area contributed by atoms with Gasteiger partial charge < -0.3 is 70.0 Å². The van der Waals surface area contributed by atoms with E-state index in [1.54, 1.807) is 48.5 Å². The first-order chi connectivity index (χ1) is 30.1. The Bertz CT molecular complexity index is 2120. The number of aliphatic hydroxyl groups is 8. The molecule has 0 unspecified atom stereocenters. The summed E-state index contributed by atoms with van der Waals surface area (Å²) >= 11 is 0. The fourth-order valence-electron chi connectivity index (χ4n) is 7.39. The third-order valence-electron chi connectivity index (χ3n) is 10.8. The second-order valence-electron chi connectivity index (χ2n) is 15.3. The summed E-state index contributed by atoms with van der Waals surface area (Å²) in [7, 11) is 0. The summed E-state index contributed by atoms with van der Waals surface area (Å²) in [5.74, 6) is -2.79. The molecule has 0 spiro atoms. The molecule has 0 bridgehead atoms. The highest BCUT2D eigenvalue weighted by molar-refractivity contribution is 6.00. The molecular weight excluding hydrogens is 828 g/mol. The van der Waals surface area contributed by atoms with Crippen molar-refractivity contribution in [2.75, 3.05) is 13.2 Å². The standard InChI is InChI=1S/C45H48O18/c46-20-34-38(54)40(56)42(58)44(62-34)60-32-12-10-26(18-28(32)24-6-1-4-22(14-24)16-36(50)51)30(48)8-3-9-31(49)27-11-13-33(61-45-43(59)41(57)39(55)35(21-47)63-45)29(19-27)25-7-2-5-23(15-25)17-37(52)53/h1-2,4-7,10-15,18-19,34-35,38-47,54-59H,3,8-9,16-17,20-21H2,(H,50,51)(H,52,53)/t34-,35-,38-,39-,40+,41+,42+,43+,44+,45+/m1/s1. The number of hydrogen-bond acceptors (Lipinski definition) is 16. The quantitative estimate of drug-likeness (QED) is 0.0620. The highest BCUT2D eigenvalue weighted by atomic mass is 16.7. The van der Waals surface area contributed by atoms with Crippen LogP contribution in [0.15, 0.2) is 84.9 Å². The molecule has 2 heterocycles. The van der Waals surface area contributed by atoms with E-state index in [2.05, 4.69) is 0 Å². The van der Waals surface area contributed by atoms with Gasteiger partial charge in [-0.25, -0.2) is 0 Å². The van der Waals surface area contributed by atoms with Crippen molar-refractivity contribution < 1.29 is 89.2 Å². The van der Waals surface area contributed by atoms with Gasteiger partial charge >= 0.3 is 11.9 Å². The van der Waals surface area contributed by atoms with E-state index in [1.807, 2.05) is 0 Å². The first kappa shape index (κ1) is 46.9. The summed E-state index contributed by atoms with van der Waals surface area (Å²) in [6, 6.07) is 21.5. The average molecular weight is 877 g/mol. The topological polar surface area (TPSA) is 308 Å². The van der Waals surface area contributed by atoms with Crippen molar-refractivity contribution in [1.82, 2.24) is 0 Å². The van der Waals surface area contributed by atoms with Gasteiger partial charge in [-0.1, -0.05) is 48.5 Å². The number of aliphatic hydroxyl groups excluding tert-OH is 8. The molecule has 2 fully saturated rings. The Morgan fingerprint density at radius 3 is 1.27 bits per heavy atom. The Morgan fingerprint density at radius 2 is 0.905 bits per heavy atom. The van der Waals surface area contributed by atoms with E-state index in [0.29, 0.717) is 22.3 Å². The van der Waals surface area contributed by atoms with E-state index in [-0.39, 0.29) is 77.4 Å². The van der Waals surface area contributed by atoms with Crippen LogP contribution < -0.4 is 9.47 Å². The summed E-state index contributed by atoms with van der Waals surface area (Å²) in [6.45, 7) is -1.39. The zero-order valence-corrected chi connectivity index (χ0v) is 33.5. The van der Waals surface area contributed by atoms with Crippen LogP contribution in [0.3, 0.4) is 0 Å². The number of carbonyl (C=O) groups excluding carboxylic acids is 2. The lowest BCUT2D eigenvalue weighted by Crippen LogP contribution is -2.60. The number of ether oxygens (including phenoxy) is 4. The van der Waals surface area contributed by atoms with Gasteiger partial charge in [-0.3, -0.25) is 19.2 Å². The van der Waals surface area contributed by atoms with Crippen molar-refractivity contribution >= 4 is 23.5 Å². The smallest absolute Gasteiger partial charge is 0.307 e. The molecule has 2 saturated heterocycles. The molecule has 6 rings (SSSR count). The molecule has 2 aliphatic heterocycles. The molecule has 63 heavy (non-hydrogen) atoms. The Labute approximate surface area is 359 Å². The maximum absolute atomic E-state index is 13.6. The average Bonchev–Trinajstić information content (AvgIpc) is 3.26. The van der Waals surface area contributed by atoms with E-state index >= 15 is 0 Å². The molecule has 0 aromatic heterocycles. The van der Waals surface area contributed by atoms with Gasteiger partial charge in [0.05, 0.1) is 26.1 Å². The third kappa shape index (κ3) is 11.1. The van der Waals surface area contributed by atoms with Crippen molar-refractivity contribution in [3.63, 3.8) is 0 Å². The summed E-state index contributed by atoms with van der Waals surface area (Å²) in [5.41, 5.74) is 2.68. The fourth-order valence-corrected chi connectivity index (χ4v) is 7.39. The molecule has 0 aliphatic carbocycles. The lowest BCUT2D eigenvalue weighted by atomic mass is 9.94. The zero-order valence-electron chi connectivity index (χ0n) is 33.5. The Kier molecular flexibility index (Phi) is 15.4. The molecule has 336 valence electrons. The monoisotopic (exact) mass is 876 g/mol. The maximum Gasteiger partial charge on any atom is 0.307 e. The number of carboxylic acids is 2. The van der Waals surface area contributed by atoms with Gasteiger partial charge in [-0.05, 0) is 65.1 Å². The molecule has 18 nitrogen and oxygen atoms in total. The van der Waals surface area contributed by atoms with Gasteiger partial charge in [0, 0.05) is 35.1 Å². The zero-order chi connectivity index (χ0) is 45.5. The van der Waals surface area contributed by atoms with Crippen LogP contribution in [-0.4, -0.2) is 149 Å². The Morgan fingerprint density at radius 1 is 0.508 bits per heavy atom. The van der Waals surface area contributed by atoms with Gasteiger partial charge in [0.1, 0.15) is 60.3 Å². The second-order valence-corrected chi connectivity index (χ2v) is 15.3. The number of rotatable bonds is 18. The van der Waals surface area contributed by atoms with E-state index in [0.717, 1.165) is 0 Å². The molecule has 4 aromatic rings. The maximum atomic E-state index is 13.6. The molecule has 2 aliphatic rings. The predicted molar refractivity (Wildman–Crippen MR) is 218 cm³/mol. The van der Waals surface area contributed by atoms with Gasteiger partial charge in [-0.2, -0.15) is 0 Å². The van der Waals surface area contributed by atoms with Crippen molar-refractivity contribution in [1.29, 1.82) is 0 Å². The van der Waals surface area contributed by atoms with Gasteiger partial charge in [0.25, 0.3) is 0 Å². The van der Waals surface area contributed by atoms with Gasteiger partial charge in [0.2, 0.25) is 12.6 Å². The molecule has 10 N–H and O–H groups in total. The van der Waals surface area contributed by atoms with Crippen molar-refractivity contribution in [3.8, 4) is 33.8 Å². The van der Waals surface area contributed by atoms with Crippen molar-refractivity contribution in [3.05, 3.63) is 107 Å². The number of Topliss-reactive ketones (excluding diaryl/α,β-unsaturated/α-hetero) is 2.